The summed E-state index contributed by atoms with van der Waals surface area (Å²) in [6.07, 6.45) is -0.133. The predicted octanol–water partition coefficient (Wildman–Crippen LogP) is 4.43. The van der Waals surface area contributed by atoms with E-state index in [0.29, 0.717) is 50.0 Å². The molecule has 0 unspecified atom stereocenters. The summed E-state index contributed by atoms with van der Waals surface area (Å²) < 4.78 is 22.8. The quantitative estimate of drug-likeness (QED) is 0.325. The topological polar surface area (TPSA) is 105 Å². The van der Waals surface area contributed by atoms with Gasteiger partial charge in [0.05, 0.1) is 19.0 Å². The third-order valence-corrected chi connectivity index (χ3v) is 6.70. The second-order valence-electron chi connectivity index (χ2n) is 8.90. The van der Waals surface area contributed by atoms with E-state index < -0.39 is 18.5 Å². The number of aromatic nitrogens is 1. The van der Waals surface area contributed by atoms with Gasteiger partial charge in [-0.05, 0) is 72.6 Å². The molecule has 0 radical (unpaired) electrons. The van der Waals surface area contributed by atoms with Gasteiger partial charge >= 0.3 is 5.97 Å². The van der Waals surface area contributed by atoms with E-state index in [4.69, 9.17) is 30.5 Å². The molecule has 4 aromatic rings. The molecule has 0 atom stereocenters. The minimum atomic E-state index is -0.600. The summed E-state index contributed by atoms with van der Waals surface area (Å²) in [6, 6.07) is 17.3. The molecule has 200 valence electrons. The maximum Gasteiger partial charge on any atom is 0.310 e. The molecule has 0 saturated carbocycles. The average Bonchev–Trinajstić information content (AvgIpc) is 3.52. The molecule has 0 aliphatic carbocycles. The third-order valence-electron chi connectivity index (χ3n) is 6.45. The first-order valence-electron chi connectivity index (χ1n) is 12.1. The molecule has 39 heavy (non-hydrogen) atoms. The van der Waals surface area contributed by atoms with E-state index >= 15 is 0 Å². The van der Waals surface area contributed by atoms with E-state index in [9.17, 15) is 14.4 Å². The summed E-state index contributed by atoms with van der Waals surface area (Å²) in [4.78, 5) is 38.5. The molecule has 9 nitrogen and oxygen atoms in total. The second kappa shape index (κ2) is 11.1. The smallest absolute Gasteiger partial charge is 0.310 e. The molecule has 0 spiro atoms. The number of hydrogen-bond acceptors (Lipinski definition) is 7. The van der Waals surface area contributed by atoms with Gasteiger partial charge in [-0.15, -0.1) is 0 Å². The van der Waals surface area contributed by atoms with Crippen molar-refractivity contribution in [3.63, 3.8) is 0 Å². The van der Waals surface area contributed by atoms with Crippen molar-refractivity contribution in [2.24, 2.45) is 0 Å². The predicted molar refractivity (Wildman–Crippen MR) is 143 cm³/mol. The number of rotatable bonds is 8. The van der Waals surface area contributed by atoms with Gasteiger partial charge in [-0.25, -0.2) is 0 Å². The number of fused-ring (bicyclic) bond motifs is 2. The number of methoxy groups -OCH3 is 1. The molecule has 1 aliphatic heterocycles. The minimum Gasteiger partial charge on any atom is -0.497 e. The van der Waals surface area contributed by atoms with Crippen molar-refractivity contribution in [2.45, 2.75) is 19.9 Å². The Balaban J connectivity index is 1.28. The van der Waals surface area contributed by atoms with Crippen LogP contribution in [0, 0.1) is 6.92 Å². The van der Waals surface area contributed by atoms with Gasteiger partial charge in [-0.1, -0.05) is 17.7 Å². The van der Waals surface area contributed by atoms with E-state index in [1.165, 1.54) is 0 Å². The Hall–Kier alpha value is -4.50. The molecule has 0 fully saturated rings. The molecule has 10 heteroatoms. The van der Waals surface area contributed by atoms with Crippen LogP contribution in [0.1, 0.15) is 27.2 Å². The molecule has 1 amide bonds. The lowest BCUT2D eigenvalue weighted by Crippen LogP contribution is -2.28. The highest BCUT2D eigenvalue weighted by molar-refractivity contribution is 6.30. The van der Waals surface area contributed by atoms with Crippen LogP contribution in [0.4, 0.5) is 0 Å². The monoisotopic (exact) mass is 548 g/mol. The molecule has 1 N–H and O–H groups in total. The third kappa shape index (κ3) is 5.53. The highest BCUT2D eigenvalue weighted by Crippen LogP contribution is 2.33. The Morgan fingerprint density at radius 3 is 2.54 bits per heavy atom. The first kappa shape index (κ1) is 26.1. The standard InChI is InChI=1S/C29H25ClN2O7/c1-17-22(13-28(34)37-15-27(33)31-14-18-3-10-25-26(11-18)39-16-38-25)23-12-21(36-2)8-9-24(23)32(17)29(35)19-4-6-20(30)7-5-19/h3-12H,13-16H2,1-2H3,(H,31,33). The lowest BCUT2D eigenvalue weighted by atomic mass is 10.1. The number of carbonyl (C=O) groups is 3. The van der Waals surface area contributed by atoms with Gasteiger partial charge in [-0.2, -0.15) is 0 Å². The highest BCUT2D eigenvalue weighted by Gasteiger charge is 2.23. The number of esters is 1. The van der Waals surface area contributed by atoms with Crippen LogP contribution in [0.25, 0.3) is 10.9 Å². The second-order valence-corrected chi connectivity index (χ2v) is 9.33. The molecular weight excluding hydrogens is 524 g/mol. The van der Waals surface area contributed by atoms with Crippen molar-refractivity contribution in [1.82, 2.24) is 9.88 Å². The molecule has 1 aliphatic rings. The summed E-state index contributed by atoms with van der Waals surface area (Å²) in [5.41, 5.74) is 3.09. The van der Waals surface area contributed by atoms with Crippen LogP contribution >= 0.6 is 11.6 Å². The van der Waals surface area contributed by atoms with E-state index in [1.807, 2.05) is 6.07 Å². The van der Waals surface area contributed by atoms with E-state index in [1.54, 1.807) is 73.2 Å². The van der Waals surface area contributed by atoms with Crippen molar-refractivity contribution >= 4 is 40.3 Å². The van der Waals surface area contributed by atoms with Gasteiger partial charge in [0.15, 0.2) is 18.1 Å². The van der Waals surface area contributed by atoms with E-state index in [2.05, 4.69) is 5.32 Å². The summed E-state index contributed by atoms with van der Waals surface area (Å²) >= 11 is 5.99. The number of nitrogens with one attached hydrogen (secondary N) is 1. The molecule has 2 heterocycles. The number of amides is 1. The number of nitrogens with zero attached hydrogens (tertiary/aromatic N) is 1. The van der Waals surface area contributed by atoms with Gasteiger partial charge < -0.3 is 24.3 Å². The van der Waals surface area contributed by atoms with E-state index in [-0.39, 0.29) is 25.7 Å². The lowest BCUT2D eigenvalue weighted by Gasteiger charge is -2.09. The fourth-order valence-corrected chi connectivity index (χ4v) is 4.57. The van der Waals surface area contributed by atoms with Crippen molar-refractivity contribution in [1.29, 1.82) is 0 Å². The van der Waals surface area contributed by atoms with Crippen LogP contribution in [0.5, 0.6) is 17.2 Å². The Morgan fingerprint density at radius 1 is 1.00 bits per heavy atom. The Morgan fingerprint density at radius 2 is 1.77 bits per heavy atom. The SMILES string of the molecule is COc1ccc2c(c1)c(CC(=O)OCC(=O)NCc1ccc3c(c1)OCO3)c(C)n2C(=O)c1ccc(Cl)cc1. The number of carbonyl (C=O) groups excluding carboxylic acids is 3. The van der Waals surface area contributed by atoms with Gasteiger partial charge in [0.1, 0.15) is 5.75 Å². The normalized spacial score (nSPS) is 11.9. The van der Waals surface area contributed by atoms with Crippen molar-refractivity contribution in [3.8, 4) is 17.2 Å². The first-order chi connectivity index (χ1) is 18.8. The molecule has 5 rings (SSSR count). The summed E-state index contributed by atoms with van der Waals surface area (Å²) in [6.45, 7) is 1.74. The minimum absolute atomic E-state index is 0.133. The number of halogens is 1. The van der Waals surface area contributed by atoms with Crippen LogP contribution in [0.15, 0.2) is 60.7 Å². The number of hydrogen-bond donors (Lipinski definition) is 1. The molecule has 1 aromatic heterocycles. The highest BCUT2D eigenvalue weighted by atomic mass is 35.5. The first-order valence-corrected chi connectivity index (χ1v) is 12.5. The number of benzene rings is 3. The summed E-state index contributed by atoms with van der Waals surface area (Å²) in [5, 5.41) is 3.92. The molecule has 0 bridgehead atoms. The van der Waals surface area contributed by atoms with Gasteiger partial charge in [-0.3, -0.25) is 19.0 Å². The Bertz CT molecular complexity index is 1580. The summed E-state index contributed by atoms with van der Waals surface area (Å²) in [7, 11) is 1.54. The maximum atomic E-state index is 13.4. The Labute approximate surface area is 229 Å². The summed E-state index contributed by atoms with van der Waals surface area (Å²) in [5.74, 6) is 0.548. The van der Waals surface area contributed by atoms with E-state index in [0.717, 1.165) is 5.56 Å². The molecule has 3 aromatic carbocycles. The average molecular weight is 549 g/mol. The van der Waals surface area contributed by atoms with Gasteiger partial charge in [0.25, 0.3) is 11.8 Å². The lowest BCUT2D eigenvalue weighted by molar-refractivity contribution is -0.147. The zero-order valence-corrected chi connectivity index (χ0v) is 22.0. The zero-order chi connectivity index (χ0) is 27.5. The number of ether oxygens (including phenoxy) is 4. The molecule has 0 saturated heterocycles. The van der Waals surface area contributed by atoms with Crippen LogP contribution in [-0.4, -0.2) is 42.9 Å². The Kier molecular flexibility index (Phi) is 7.42. The van der Waals surface area contributed by atoms with Crippen molar-refractivity contribution in [3.05, 3.63) is 88.1 Å². The fraction of sp³-hybridized carbons (Fsp3) is 0.207. The van der Waals surface area contributed by atoms with Crippen LogP contribution in [0.2, 0.25) is 5.02 Å². The largest absolute Gasteiger partial charge is 0.497 e. The van der Waals surface area contributed by atoms with Gasteiger partial charge in [0.2, 0.25) is 6.79 Å². The van der Waals surface area contributed by atoms with Crippen LogP contribution < -0.4 is 19.5 Å². The molecular formula is C29H25ClN2O7. The van der Waals surface area contributed by atoms with Crippen LogP contribution in [0.3, 0.4) is 0 Å². The fourth-order valence-electron chi connectivity index (χ4n) is 4.44. The van der Waals surface area contributed by atoms with Gasteiger partial charge in [0, 0.05) is 28.2 Å². The zero-order valence-electron chi connectivity index (χ0n) is 21.3. The maximum absolute atomic E-state index is 13.4. The van der Waals surface area contributed by atoms with Crippen LogP contribution in [-0.2, 0) is 27.3 Å². The van der Waals surface area contributed by atoms with Crippen molar-refractivity contribution < 1.29 is 33.3 Å². The van der Waals surface area contributed by atoms with Crippen molar-refractivity contribution in [2.75, 3.05) is 20.5 Å².